The van der Waals surface area contributed by atoms with Crippen molar-refractivity contribution in [3.8, 4) is 5.75 Å². The van der Waals surface area contributed by atoms with Crippen LogP contribution in [0, 0.1) is 5.82 Å². The van der Waals surface area contributed by atoms with E-state index in [1.54, 1.807) is 26.2 Å². The van der Waals surface area contributed by atoms with Crippen LogP contribution in [0.3, 0.4) is 0 Å². The fourth-order valence-corrected chi connectivity index (χ4v) is 1.41. The van der Waals surface area contributed by atoms with Crippen molar-refractivity contribution in [1.29, 1.82) is 0 Å². The Balaban J connectivity index is 2.62. The maximum atomic E-state index is 13.8. The number of carbonyl (C=O) groups is 1. The molecule has 0 saturated heterocycles. The fraction of sp³-hybridized carbons (Fsp3) is 0.533. The number of carbonyl (C=O) groups excluding carboxylic acids is 1. The molecule has 112 valence electrons. The van der Waals surface area contributed by atoms with E-state index in [4.69, 9.17) is 4.74 Å². The Kier molecular flexibility index (Phi) is 5.51. The Morgan fingerprint density at radius 1 is 1.35 bits per heavy atom. The third-order valence-corrected chi connectivity index (χ3v) is 2.67. The molecule has 0 bridgehead atoms. The standard InChI is InChI=1S/C15H23FN2O2/c1-15(2,3)17-9-11-6-7-13(12(16)8-11)20-10-14(19)18(4)5/h6-8,17H,9-10H2,1-5H3. The molecule has 0 saturated carbocycles. The van der Waals surface area contributed by atoms with Gasteiger partial charge in [-0.25, -0.2) is 4.39 Å². The molecule has 4 nitrogen and oxygen atoms in total. The Labute approximate surface area is 119 Å². The summed E-state index contributed by atoms with van der Waals surface area (Å²) in [6, 6.07) is 4.77. The number of likely N-dealkylation sites (N-methyl/N-ethyl adjacent to an activating group) is 1. The van der Waals surface area contributed by atoms with E-state index in [9.17, 15) is 9.18 Å². The summed E-state index contributed by atoms with van der Waals surface area (Å²) in [6.45, 7) is 6.57. The van der Waals surface area contributed by atoms with Gasteiger partial charge in [-0.2, -0.15) is 0 Å². The summed E-state index contributed by atoms with van der Waals surface area (Å²) in [7, 11) is 3.26. The number of rotatable bonds is 5. The van der Waals surface area contributed by atoms with Crippen LogP contribution in [0.15, 0.2) is 18.2 Å². The van der Waals surface area contributed by atoms with Crippen molar-refractivity contribution in [2.24, 2.45) is 0 Å². The molecule has 5 heteroatoms. The molecule has 20 heavy (non-hydrogen) atoms. The van der Waals surface area contributed by atoms with E-state index >= 15 is 0 Å². The highest BCUT2D eigenvalue weighted by atomic mass is 19.1. The Morgan fingerprint density at radius 3 is 2.50 bits per heavy atom. The van der Waals surface area contributed by atoms with Crippen LogP contribution in [0.2, 0.25) is 0 Å². The number of nitrogens with one attached hydrogen (secondary N) is 1. The summed E-state index contributed by atoms with van der Waals surface area (Å²) in [4.78, 5) is 12.8. The Bertz CT molecular complexity index is 467. The first-order valence-corrected chi connectivity index (χ1v) is 6.55. The van der Waals surface area contributed by atoms with Gasteiger partial charge in [0.1, 0.15) is 0 Å². The van der Waals surface area contributed by atoms with Crippen molar-refractivity contribution in [1.82, 2.24) is 10.2 Å². The smallest absolute Gasteiger partial charge is 0.259 e. The number of hydrogen-bond donors (Lipinski definition) is 1. The van der Waals surface area contributed by atoms with Crippen LogP contribution in [0.25, 0.3) is 0 Å². The van der Waals surface area contributed by atoms with Gasteiger partial charge in [0, 0.05) is 26.2 Å². The summed E-state index contributed by atoms with van der Waals surface area (Å²) < 4.78 is 19.0. The molecule has 0 aliphatic carbocycles. The zero-order valence-electron chi connectivity index (χ0n) is 12.8. The Morgan fingerprint density at radius 2 is 2.00 bits per heavy atom. The maximum absolute atomic E-state index is 13.8. The minimum Gasteiger partial charge on any atom is -0.481 e. The lowest BCUT2D eigenvalue weighted by atomic mass is 10.1. The second kappa shape index (κ2) is 6.70. The predicted octanol–water partition coefficient (Wildman–Crippen LogP) is 2.18. The first-order valence-electron chi connectivity index (χ1n) is 6.55. The molecule has 1 aromatic carbocycles. The van der Waals surface area contributed by atoms with Crippen molar-refractivity contribution in [2.45, 2.75) is 32.9 Å². The lowest BCUT2D eigenvalue weighted by molar-refractivity contribution is -0.130. The zero-order valence-corrected chi connectivity index (χ0v) is 12.8. The van der Waals surface area contributed by atoms with Crippen molar-refractivity contribution < 1.29 is 13.9 Å². The topological polar surface area (TPSA) is 41.6 Å². The molecule has 1 amide bonds. The molecule has 0 unspecified atom stereocenters. The summed E-state index contributed by atoms with van der Waals surface area (Å²) in [6.07, 6.45) is 0. The van der Waals surface area contributed by atoms with Gasteiger partial charge in [-0.15, -0.1) is 0 Å². The molecule has 0 aromatic heterocycles. The van der Waals surface area contributed by atoms with Gasteiger partial charge in [-0.05, 0) is 38.5 Å². The molecule has 1 aromatic rings. The molecule has 1 rings (SSSR count). The van der Waals surface area contributed by atoms with E-state index in [0.717, 1.165) is 5.56 Å². The second-order valence-corrected chi connectivity index (χ2v) is 5.95. The minimum atomic E-state index is -0.454. The van der Waals surface area contributed by atoms with Gasteiger partial charge in [0.25, 0.3) is 5.91 Å². The van der Waals surface area contributed by atoms with Gasteiger partial charge in [-0.3, -0.25) is 4.79 Å². The van der Waals surface area contributed by atoms with Crippen LogP contribution in [0.5, 0.6) is 5.75 Å². The number of nitrogens with zero attached hydrogens (tertiary/aromatic N) is 1. The van der Waals surface area contributed by atoms with E-state index in [-0.39, 0.29) is 23.8 Å². The lowest BCUT2D eigenvalue weighted by Crippen LogP contribution is -2.35. The second-order valence-electron chi connectivity index (χ2n) is 5.95. The highest BCUT2D eigenvalue weighted by molar-refractivity contribution is 5.77. The van der Waals surface area contributed by atoms with Gasteiger partial charge in [-0.1, -0.05) is 6.07 Å². The van der Waals surface area contributed by atoms with Gasteiger partial charge in [0.2, 0.25) is 0 Å². The first kappa shape index (κ1) is 16.4. The van der Waals surface area contributed by atoms with Crippen LogP contribution >= 0.6 is 0 Å². The predicted molar refractivity (Wildman–Crippen MR) is 77.2 cm³/mol. The van der Waals surface area contributed by atoms with Crippen LogP contribution in [0.1, 0.15) is 26.3 Å². The normalized spacial score (nSPS) is 11.3. The van der Waals surface area contributed by atoms with Crippen LogP contribution < -0.4 is 10.1 Å². The molecular formula is C15H23FN2O2. The number of amides is 1. The van der Waals surface area contributed by atoms with Crippen molar-refractivity contribution in [3.63, 3.8) is 0 Å². The van der Waals surface area contributed by atoms with Crippen molar-refractivity contribution >= 4 is 5.91 Å². The van der Waals surface area contributed by atoms with Gasteiger partial charge in [0.15, 0.2) is 18.2 Å². The van der Waals surface area contributed by atoms with Crippen LogP contribution in [-0.4, -0.2) is 37.0 Å². The molecule has 0 aliphatic rings. The first-order chi connectivity index (χ1) is 9.19. The largest absolute Gasteiger partial charge is 0.481 e. The van der Waals surface area contributed by atoms with E-state index in [1.807, 2.05) is 20.8 Å². The van der Waals surface area contributed by atoms with E-state index in [2.05, 4.69) is 5.32 Å². The van der Waals surface area contributed by atoms with Crippen molar-refractivity contribution in [2.75, 3.05) is 20.7 Å². The van der Waals surface area contributed by atoms with Gasteiger partial charge in [0.05, 0.1) is 0 Å². The van der Waals surface area contributed by atoms with E-state index in [0.29, 0.717) is 6.54 Å². The highest BCUT2D eigenvalue weighted by Gasteiger charge is 2.11. The molecule has 0 heterocycles. The van der Waals surface area contributed by atoms with Gasteiger partial charge >= 0.3 is 0 Å². The Hall–Kier alpha value is -1.62. The average molecular weight is 282 g/mol. The molecule has 0 spiro atoms. The number of ether oxygens (including phenoxy) is 1. The highest BCUT2D eigenvalue weighted by Crippen LogP contribution is 2.18. The monoisotopic (exact) mass is 282 g/mol. The molecule has 1 N–H and O–H groups in total. The number of halogens is 1. The van der Waals surface area contributed by atoms with Crippen LogP contribution in [-0.2, 0) is 11.3 Å². The van der Waals surface area contributed by atoms with E-state index < -0.39 is 5.82 Å². The molecular weight excluding hydrogens is 259 g/mol. The lowest BCUT2D eigenvalue weighted by Gasteiger charge is -2.20. The van der Waals surface area contributed by atoms with Crippen molar-refractivity contribution in [3.05, 3.63) is 29.6 Å². The summed E-state index contributed by atoms with van der Waals surface area (Å²) in [5, 5.41) is 3.28. The van der Waals surface area contributed by atoms with Gasteiger partial charge < -0.3 is 15.0 Å². The summed E-state index contributed by atoms with van der Waals surface area (Å²) in [5.74, 6) is -0.563. The molecule has 0 aliphatic heterocycles. The fourth-order valence-electron chi connectivity index (χ4n) is 1.41. The van der Waals surface area contributed by atoms with Crippen LogP contribution in [0.4, 0.5) is 4.39 Å². The maximum Gasteiger partial charge on any atom is 0.259 e. The molecule has 0 atom stereocenters. The average Bonchev–Trinajstić information content (AvgIpc) is 2.33. The number of hydrogen-bond acceptors (Lipinski definition) is 3. The molecule has 0 radical (unpaired) electrons. The molecule has 0 fully saturated rings. The number of benzene rings is 1. The SMILES string of the molecule is CN(C)C(=O)COc1ccc(CNC(C)(C)C)cc1F. The van der Waals surface area contributed by atoms with E-state index in [1.165, 1.54) is 11.0 Å². The summed E-state index contributed by atoms with van der Waals surface area (Å²) in [5.41, 5.74) is 0.813. The third-order valence-electron chi connectivity index (χ3n) is 2.67. The quantitative estimate of drug-likeness (QED) is 0.900. The summed E-state index contributed by atoms with van der Waals surface area (Å²) >= 11 is 0. The third kappa shape index (κ3) is 5.57. The zero-order chi connectivity index (χ0) is 15.3. The minimum absolute atomic E-state index is 0.0240.